The second-order valence-corrected chi connectivity index (χ2v) is 7.93. The number of benzene rings is 2. The SMILES string of the molecule is Cc1nn([C@H](C)C(=O)Nc2cccc(C(F)(F)F)c2)c(=O)c2c1sc1ccccc12. The Labute approximate surface area is 172 Å². The quantitative estimate of drug-likeness (QED) is 0.489. The smallest absolute Gasteiger partial charge is 0.324 e. The van der Waals surface area contributed by atoms with Crippen LogP contribution in [0.4, 0.5) is 18.9 Å². The Hall–Kier alpha value is -3.20. The number of hydrogen-bond acceptors (Lipinski definition) is 4. The molecule has 30 heavy (non-hydrogen) atoms. The number of alkyl halides is 3. The third-order valence-electron chi connectivity index (χ3n) is 4.81. The minimum absolute atomic E-state index is 0.00601. The molecule has 0 aliphatic rings. The number of thiophene rings is 1. The van der Waals surface area contributed by atoms with Gasteiger partial charge in [0.05, 0.1) is 21.3 Å². The topological polar surface area (TPSA) is 64.0 Å². The normalized spacial score (nSPS) is 13.0. The molecule has 4 rings (SSSR count). The summed E-state index contributed by atoms with van der Waals surface area (Å²) < 4.78 is 41.5. The molecule has 0 fully saturated rings. The minimum atomic E-state index is -4.52. The molecule has 1 amide bonds. The Morgan fingerprint density at radius 2 is 1.90 bits per heavy atom. The summed E-state index contributed by atoms with van der Waals surface area (Å²) in [5.74, 6) is -0.637. The molecule has 0 aliphatic carbocycles. The average molecular weight is 431 g/mol. The van der Waals surface area contributed by atoms with Crippen LogP contribution >= 0.6 is 11.3 Å². The number of halogens is 3. The summed E-state index contributed by atoms with van der Waals surface area (Å²) >= 11 is 1.45. The summed E-state index contributed by atoms with van der Waals surface area (Å²) in [6, 6.07) is 10.8. The van der Waals surface area contributed by atoms with E-state index in [-0.39, 0.29) is 5.69 Å². The van der Waals surface area contributed by atoms with Crippen LogP contribution in [-0.2, 0) is 11.0 Å². The third-order valence-corrected chi connectivity index (χ3v) is 6.09. The van der Waals surface area contributed by atoms with Crippen LogP contribution in [0.1, 0.15) is 24.2 Å². The zero-order valence-electron chi connectivity index (χ0n) is 15.9. The number of aromatic nitrogens is 2. The van der Waals surface area contributed by atoms with Crippen LogP contribution in [0.3, 0.4) is 0 Å². The molecule has 1 atom stereocenters. The van der Waals surface area contributed by atoms with E-state index in [2.05, 4.69) is 10.4 Å². The highest BCUT2D eigenvalue weighted by atomic mass is 32.1. The molecule has 154 valence electrons. The van der Waals surface area contributed by atoms with Crippen molar-refractivity contribution in [3.05, 3.63) is 70.1 Å². The standard InChI is InChI=1S/C21H16F3N3O2S/c1-11-18-17(15-8-3-4-9-16(15)30-18)20(29)27(26-11)12(2)19(28)25-14-7-5-6-13(10-14)21(22,23)24/h3-10,12H,1-2H3,(H,25,28)/t12-/m1/s1. The Kier molecular flexibility index (Phi) is 4.85. The zero-order valence-corrected chi connectivity index (χ0v) is 16.8. The van der Waals surface area contributed by atoms with E-state index in [4.69, 9.17) is 0 Å². The summed E-state index contributed by atoms with van der Waals surface area (Å²) in [5.41, 5.74) is -0.692. The molecule has 9 heteroatoms. The maximum Gasteiger partial charge on any atom is 0.416 e. The van der Waals surface area contributed by atoms with E-state index in [0.29, 0.717) is 11.1 Å². The van der Waals surface area contributed by atoms with E-state index in [1.165, 1.54) is 30.4 Å². The second-order valence-electron chi connectivity index (χ2n) is 6.88. The fraction of sp³-hybridized carbons (Fsp3) is 0.190. The van der Waals surface area contributed by atoms with Crippen molar-refractivity contribution in [2.75, 3.05) is 5.32 Å². The van der Waals surface area contributed by atoms with E-state index in [1.807, 2.05) is 24.3 Å². The summed E-state index contributed by atoms with van der Waals surface area (Å²) in [5, 5.41) is 8.00. The van der Waals surface area contributed by atoms with Crippen LogP contribution in [0.2, 0.25) is 0 Å². The largest absolute Gasteiger partial charge is 0.416 e. The van der Waals surface area contributed by atoms with Gasteiger partial charge in [0, 0.05) is 15.8 Å². The number of carbonyl (C=O) groups excluding carboxylic acids is 1. The van der Waals surface area contributed by atoms with Crippen LogP contribution in [0, 0.1) is 6.92 Å². The first-order chi connectivity index (χ1) is 14.2. The lowest BCUT2D eigenvalue weighted by Crippen LogP contribution is -2.33. The van der Waals surface area contributed by atoms with Gasteiger partial charge in [-0.15, -0.1) is 11.3 Å². The van der Waals surface area contributed by atoms with Gasteiger partial charge in [0.1, 0.15) is 6.04 Å². The second kappa shape index (κ2) is 7.24. The number of hydrogen-bond donors (Lipinski definition) is 1. The van der Waals surface area contributed by atoms with Gasteiger partial charge in [-0.05, 0) is 38.1 Å². The summed E-state index contributed by atoms with van der Waals surface area (Å²) in [6.07, 6.45) is -4.52. The van der Waals surface area contributed by atoms with Crippen molar-refractivity contribution in [2.45, 2.75) is 26.1 Å². The van der Waals surface area contributed by atoms with Gasteiger partial charge in [-0.25, -0.2) is 4.68 Å². The summed E-state index contributed by atoms with van der Waals surface area (Å²) in [4.78, 5) is 25.8. The van der Waals surface area contributed by atoms with Crippen LogP contribution in [0.15, 0.2) is 53.3 Å². The third kappa shape index (κ3) is 3.45. The van der Waals surface area contributed by atoms with E-state index in [1.54, 1.807) is 6.92 Å². The Bertz CT molecular complexity index is 1340. The number of amides is 1. The van der Waals surface area contributed by atoms with Crippen LogP contribution < -0.4 is 10.9 Å². The minimum Gasteiger partial charge on any atom is -0.324 e. The van der Waals surface area contributed by atoms with Crippen molar-refractivity contribution in [1.29, 1.82) is 0 Å². The lowest BCUT2D eigenvalue weighted by atomic mass is 10.1. The van der Waals surface area contributed by atoms with E-state index in [0.717, 1.165) is 31.6 Å². The highest BCUT2D eigenvalue weighted by Crippen LogP contribution is 2.33. The molecule has 2 aromatic heterocycles. The highest BCUT2D eigenvalue weighted by molar-refractivity contribution is 7.26. The number of rotatable bonds is 3. The van der Waals surface area contributed by atoms with E-state index < -0.39 is 29.2 Å². The number of anilines is 1. The highest BCUT2D eigenvalue weighted by Gasteiger charge is 2.30. The Morgan fingerprint density at radius 1 is 1.17 bits per heavy atom. The number of carbonyl (C=O) groups is 1. The number of nitrogens with one attached hydrogen (secondary N) is 1. The van der Waals surface area contributed by atoms with Crippen molar-refractivity contribution < 1.29 is 18.0 Å². The molecule has 1 N–H and O–H groups in total. The molecular formula is C21H16F3N3O2S. The van der Waals surface area contributed by atoms with Gasteiger partial charge in [0.15, 0.2) is 0 Å². The first kappa shape index (κ1) is 20.1. The Balaban J connectivity index is 1.72. The van der Waals surface area contributed by atoms with Crippen LogP contribution in [0.5, 0.6) is 0 Å². The predicted octanol–water partition coefficient (Wildman–Crippen LogP) is 5.14. The number of fused-ring (bicyclic) bond motifs is 3. The molecule has 4 aromatic rings. The average Bonchev–Trinajstić information content (AvgIpc) is 3.10. The fourth-order valence-electron chi connectivity index (χ4n) is 3.27. The zero-order chi connectivity index (χ0) is 21.6. The molecule has 0 aliphatic heterocycles. The van der Waals surface area contributed by atoms with Gasteiger partial charge in [-0.2, -0.15) is 18.3 Å². The van der Waals surface area contributed by atoms with E-state index >= 15 is 0 Å². The van der Waals surface area contributed by atoms with Gasteiger partial charge in [-0.3, -0.25) is 9.59 Å². The fourth-order valence-corrected chi connectivity index (χ4v) is 4.41. The van der Waals surface area contributed by atoms with Crippen molar-refractivity contribution in [2.24, 2.45) is 0 Å². The number of nitrogens with zero attached hydrogens (tertiary/aromatic N) is 2. The molecule has 0 bridgehead atoms. The maximum absolute atomic E-state index is 13.1. The molecule has 0 unspecified atom stereocenters. The Morgan fingerprint density at radius 3 is 2.63 bits per heavy atom. The monoisotopic (exact) mass is 431 g/mol. The first-order valence-electron chi connectivity index (χ1n) is 9.05. The molecule has 0 saturated heterocycles. The van der Waals surface area contributed by atoms with Gasteiger partial charge in [0.25, 0.3) is 5.56 Å². The lowest BCUT2D eigenvalue weighted by molar-refractivity contribution is -0.137. The maximum atomic E-state index is 13.1. The number of aryl methyl sites for hydroxylation is 1. The predicted molar refractivity (Wildman–Crippen MR) is 111 cm³/mol. The van der Waals surface area contributed by atoms with Crippen LogP contribution in [-0.4, -0.2) is 15.7 Å². The van der Waals surface area contributed by atoms with Crippen molar-refractivity contribution >= 4 is 43.1 Å². The van der Waals surface area contributed by atoms with Gasteiger partial charge in [0.2, 0.25) is 5.91 Å². The van der Waals surface area contributed by atoms with Crippen molar-refractivity contribution in [3.8, 4) is 0 Å². The lowest BCUT2D eigenvalue weighted by Gasteiger charge is -2.16. The van der Waals surface area contributed by atoms with Crippen molar-refractivity contribution in [3.63, 3.8) is 0 Å². The molecule has 0 saturated carbocycles. The van der Waals surface area contributed by atoms with Crippen molar-refractivity contribution in [1.82, 2.24) is 9.78 Å². The first-order valence-corrected chi connectivity index (χ1v) is 9.87. The van der Waals surface area contributed by atoms with Gasteiger partial charge in [-0.1, -0.05) is 24.3 Å². The molecule has 0 radical (unpaired) electrons. The molecule has 5 nitrogen and oxygen atoms in total. The summed E-state index contributed by atoms with van der Waals surface area (Å²) in [7, 11) is 0. The molecule has 2 aromatic carbocycles. The summed E-state index contributed by atoms with van der Waals surface area (Å²) in [6.45, 7) is 3.24. The van der Waals surface area contributed by atoms with Gasteiger partial charge < -0.3 is 5.32 Å². The van der Waals surface area contributed by atoms with Gasteiger partial charge >= 0.3 is 6.18 Å². The molecule has 2 heterocycles. The molecule has 0 spiro atoms. The van der Waals surface area contributed by atoms with E-state index in [9.17, 15) is 22.8 Å². The van der Waals surface area contributed by atoms with Crippen LogP contribution in [0.25, 0.3) is 20.2 Å². The molecular weight excluding hydrogens is 415 g/mol.